The Balaban J connectivity index is 2.81. The van der Waals surface area contributed by atoms with Crippen LogP contribution in [0.1, 0.15) is 26.3 Å². The number of hydrogen-bond donors (Lipinski definition) is 1. The van der Waals surface area contributed by atoms with Crippen LogP contribution in [-0.2, 0) is 14.3 Å². The lowest BCUT2D eigenvalue weighted by atomic mass is 9.89. The lowest BCUT2D eigenvalue weighted by Gasteiger charge is -2.27. The molecule has 0 aliphatic rings. The second-order valence-electron chi connectivity index (χ2n) is 5.19. The van der Waals surface area contributed by atoms with Gasteiger partial charge in [0.25, 0.3) is 10.1 Å². The predicted molar refractivity (Wildman–Crippen MR) is 69.8 cm³/mol. The van der Waals surface area contributed by atoms with Crippen LogP contribution in [0.4, 0.5) is 0 Å². The molecular weight excluding hydrogens is 252 g/mol. The zero-order chi connectivity index (χ0) is 14.0. The van der Waals surface area contributed by atoms with Crippen LogP contribution in [0.5, 0.6) is 0 Å². The van der Waals surface area contributed by atoms with Crippen LogP contribution in [-0.4, -0.2) is 26.2 Å². The van der Waals surface area contributed by atoms with E-state index in [9.17, 15) is 13.5 Å². The molecule has 102 valence electrons. The molecule has 1 N–H and O–H groups in total. The largest absolute Gasteiger partial charge is 0.393 e. The normalized spacial score (nSPS) is 14.5. The van der Waals surface area contributed by atoms with Gasteiger partial charge in [0.15, 0.2) is 0 Å². The first-order valence-electron chi connectivity index (χ1n) is 5.79. The minimum absolute atomic E-state index is 0.0547. The maximum Gasteiger partial charge on any atom is 0.296 e. The molecule has 4 nitrogen and oxygen atoms in total. The number of benzene rings is 1. The van der Waals surface area contributed by atoms with Gasteiger partial charge in [-0.25, -0.2) is 0 Å². The van der Waals surface area contributed by atoms with Crippen LogP contribution >= 0.6 is 0 Å². The number of hydrogen-bond acceptors (Lipinski definition) is 4. The quantitative estimate of drug-likeness (QED) is 0.834. The third-order valence-corrected chi connectivity index (χ3v) is 4.30. The van der Waals surface area contributed by atoms with E-state index in [4.69, 9.17) is 4.18 Å². The Labute approximate surface area is 109 Å². The van der Waals surface area contributed by atoms with Gasteiger partial charge >= 0.3 is 0 Å². The van der Waals surface area contributed by atoms with Gasteiger partial charge in [0.1, 0.15) is 0 Å². The molecular formula is C13H20O4S. The van der Waals surface area contributed by atoms with Crippen molar-refractivity contribution in [3.63, 3.8) is 0 Å². The van der Waals surface area contributed by atoms with Crippen molar-refractivity contribution >= 4 is 10.1 Å². The van der Waals surface area contributed by atoms with Crippen molar-refractivity contribution in [3.8, 4) is 0 Å². The highest BCUT2D eigenvalue weighted by Crippen LogP contribution is 2.23. The molecule has 1 rings (SSSR count). The van der Waals surface area contributed by atoms with Gasteiger partial charge in [-0.05, 0) is 26.0 Å². The summed E-state index contributed by atoms with van der Waals surface area (Å²) in [6.45, 7) is 6.95. The zero-order valence-electron chi connectivity index (χ0n) is 11.2. The first kappa shape index (κ1) is 15.1. The molecule has 0 saturated heterocycles. The second kappa shape index (κ2) is 5.38. The second-order valence-corrected chi connectivity index (χ2v) is 6.81. The third kappa shape index (κ3) is 3.80. The molecule has 1 atom stereocenters. The molecule has 0 spiro atoms. The summed E-state index contributed by atoms with van der Waals surface area (Å²) in [7, 11) is -3.75. The summed E-state index contributed by atoms with van der Waals surface area (Å²) in [5, 5.41) is 9.51. The summed E-state index contributed by atoms with van der Waals surface area (Å²) >= 11 is 0. The van der Waals surface area contributed by atoms with E-state index >= 15 is 0 Å². The van der Waals surface area contributed by atoms with Crippen LogP contribution in [0.3, 0.4) is 0 Å². The number of rotatable bonds is 5. The molecule has 18 heavy (non-hydrogen) atoms. The Morgan fingerprint density at radius 1 is 1.28 bits per heavy atom. The molecule has 1 unspecified atom stereocenters. The van der Waals surface area contributed by atoms with Gasteiger partial charge in [-0.3, -0.25) is 4.18 Å². The topological polar surface area (TPSA) is 63.6 Å². The Kier molecular flexibility index (Phi) is 4.53. The molecule has 1 aromatic rings. The van der Waals surface area contributed by atoms with E-state index in [-0.39, 0.29) is 11.5 Å². The summed E-state index contributed by atoms with van der Waals surface area (Å²) in [4.78, 5) is 0.134. The standard InChI is InChI=1S/C13H20O4S/c1-10-5-7-12(8-6-10)18(15,16)17-9-13(3,4)11(2)14/h5-8,11,14H,9H2,1-4H3. The lowest BCUT2D eigenvalue weighted by Crippen LogP contribution is -2.32. The zero-order valence-corrected chi connectivity index (χ0v) is 12.0. The van der Waals surface area contributed by atoms with Gasteiger partial charge < -0.3 is 5.11 Å². The highest BCUT2D eigenvalue weighted by Gasteiger charge is 2.28. The van der Waals surface area contributed by atoms with E-state index in [1.807, 2.05) is 6.92 Å². The first-order chi connectivity index (χ1) is 8.15. The summed E-state index contributed by atoms with van der Waals surface area (Å²) in [6.07, 6.45) is -0.647. The molecule has 0 saturated carbocycles. The van der Waals surface area contributed by atoms with Crippen molar-refractivity contribution in [3.05, 3.63) is 29.8 Å². The molecule has 0 aliphatic carbocycles. The van der Waals surface area contributed by atoms with Gasteiger partial charge in [0.05, 0.1) is 17.6 Å². The molecule has 0 heterocycles. The number of aliphatic hydroxyl groups excluding tert-OH is 1. The Morgan fingerprint density at radius 2 is 1.78 bits per heavy atom. The van der Waals surface area contributed by atoms with Gasteiger partial charge in [0.2, 0.25) is 0 Å². The van der Waals surface area contributed by atoms with Crippen molar-refractivity contribution in [2.24, 2.45) is 5.41 Å². The van der Waals surface area contributed by atoms with E-state index in [2.05, 4.69) is 0 Å². The van der Waals surface area contributed by atoms with Gasteiger partial charge in [0, 0.05) is 5.41 Å². The molecule has 0 bridgehead atoms. The lowest BCUT2D eigenvalue weighted by molar-refractivity contribution is 0.0304. The van der Waals surface area contributed by atoms with Crippen molar-refractivity contribution in [2.75, 3.05) is 6.61 Å². The third-order valence-electron chi connectivity index (χ3n) is 3.03. The highest BCUT2D eigenvalue weighted by atomic mass is 32.2. The molecule has 0 amide bonds. The maximum absolute atomic E-state index is 11.9. The SMILES string of the molecule is Cc1ccc(S(=O)(=O)OCC(C)(C)C(C)O)cc1. The van der Waals surface area contributed by atoms with Crippen molar-refractivity contribution in [1.82, 2.24) is 0 Å². The van der Waals surface area contributed by atoms with Gasteiger partial charge in [-0.1, -0.05) is 31.5 Å². The van der Waals surface area contributed by atoms with Crippen molar-refractivity contribution in [1.29, 1.82) is 0 Å². The van der Waals surface area contributed by atoms with E-state index < -0.39 is 21.6 Å². The average Bonchev–Trinajstić information content (AvgIpc) is 2.27. The molecule has 0 radical (unpaired) electrons. The van der Waals surface area contributed by atoms with Crippen molar-refractivity contribution in [2.45, 2.75) is 38.7 Å². The fraction of sp³-hybridized carbons (Fsp3) is 0.538. The smallest absolute Gasteiger partial charge is 0.296 e. The number of aryl methyl sites for hydroxylation is 1. The van der Waals surface area contributed by atoms with Crippen LogP contribution in [0.25, 0.3) is 0 Å². The van der Waals surface area contributed by atoms with Crippen LogP contribution in [0.15, 0.2) is 29.2 Å². The number of aliphatic hydroxyl groups is 1. The molecule has 0 aromatic heterocycles. The summed E-state index contributed by atoms with van der Waals surface area (Å²) in [5.74, 6) is 0. The molecule has 5 heteroatoms. The first-order valence-corrected chi connectivity index (χ1v) is 7.20. The van der Waals surface area contributed by atoms with E-state index in [1.165, 1.54) is 12.1 Å². The average molecular weight is 272 g/mol. The highest BCUT2D eigenvalue weighted by molar-refractivity contribution is 7.86. The summed E-state index contributed by atoms with van der Waals surface area (Å²) in [5.41, 5.74) is 0.371. The van der Waals surface area contributed by atoms with Crippen LogP contribution in [0.2, 0.25) is 0 Å². The van der Waals surface area contributed by atoms with Gasteiger partial charge in [-0.2, -0.15) is 8.42 Å². The minimum atomic E-state index is -3.75. The monoisotopic (exact) mass is 272 g/mol. The Hall–Kier alpha value is -0.910. The minimum Gasteiger partial charge on any atom is -0.393 e. The maximum atomic E-state index is 11.9. The van der Waals surface area contributed by atoms with Crippen LogP contribution < -0.4 is 0 Å². The predicted octanol–water partition coefficient (Wildman–Crippen LogP) is 2.11. The van der Waals surface area contributed by atoms with Gasteiger partial charge in [-0.15, -0.1) is 0 Å². The molecule has 0 fully saturated rings. The Bertz CT molecular complexity index is 486. The molecule has 0 aliphatic heterocycles. The van der Waals surface area contributed by atoms with E-state index in [0.717, 1.165) is 5.56 Å². The Morgan fingerprint density at radius 3 is 2.22 bits per heavy atom. The van der Waals surface area contributed by atoms with E-state index in [0.29, 0.717) is 0 Å². The van der Waals surface area contributed by atoms with Crippen LogP contribution in [0, 0.1) is 12.3 Å². The van der Waals surface area contributed by atoms with E-state index in [1.54, 1.807) is 32.9 Å². The molecule has 1 aromatic carbocycles. The fourth-order valence-corrected chi connectivity index (χ4v) is 2.19. The summed E-state index contributed by atoms with van der Waals surface area (Å²) < 4.78 is 28.8. The summed E-state index contributed by atoms with van der Waals surface area (Å²) in [6, 6.07) is 6.46. The van der Waals surface area contributed by atoms with Crippen molar-refractivity contribution < 1.29 is 17.7 Å². The fourth-order valence-electron chi connectivity index (χ4n) is 1.12.